The first kappa shape index (κ1) is 16.5. The smallest absolute Gasteiger partial charge is 0.178 e. The molecule has 0 saturated heterocycles. The monoisotopic (exact) mass is 303 g/mol. The zero-order valence-corrected chi connectivity index (χ0v) is 13.1. The van der Waals surface area contributed by atoms with Crippen molar-refractivity contribution in [1.29, 1.82) is 0 Å². The molecular formula is C14H22ClNO2S. The first-order chi connectivity index (χ1) is 8.77. The molecule has 0 heterocycles. The van der Waals surface area contributed by atoms with Crippen LogP contribution in [0.3, 0.4) is 0 Å². The molecule has 0 radical (unpaired) electrons. The summed E-state index contributed by atoms with van der Waals surface area (Å²) in [5, 5.41) is 0.449. The molecule has 0 aliphatic heterocycles. The van der Waals surface area contributed by atoms with Crippen LogP contribution in [0.2, 0.25) is 5.02 Å². The quantitative estimate of drug-likeness (QED) is 0.786. The number of benzene rings is 1. The number of halogens is 1. The number of hydrogen-bond donors (Lipinski definition) is 1. The lowest BCUT2D eigenvalue weighted by molar-refractivity contribution is 0.335. The predicted octanol–water partition coefficient (Wildman–Crippen LogP) is 3.27. The van der Waals surface area contributed by atoms with E-state index in [0.29, 0.717) is 22.9 Å². The lowest BCUT2D eigenvalue weighted by Gasteiger charge is -2.21. The molecule has 0 unspecified atom stereocenters. The maximum Gasteiger partial charge on any atom is 0.178 e. The Morgan fingerprint density at radius 2 is 1.95 bits per heavy atom. The predicted molar refractivity (Wildman–Crippen MR) is 80.2 cm³/mol. The van der Waals surface area contributed by atoms with Crippen molar-refractivity contribution in [1.82, 2.24) is 0 Å². The second-order valence-electron chi connectivity index (χ2n) is 5.60. The summed E-state index contributed by atoms with van der Waals surface area (Å²) in [7, 11) is -3.22. The van der Waals surface area contributed by atoms with E-state index in [4.69, 9.17) is 17.3 Å². The molecule has 0 amide bonds. The zero-order valence-electron chi connectivity index (χ0n) is 11.5. The molecule has 0 atom stereocenters. The highest BCUT2D eigenvalue weighted by atomic mass is 35.5. The van der Waals surface area contributed by atoms with Crippen molar-refractivity contribution in [3.63, 3.8) is 0 Å². The maximum atomic E-state index is 12.1. The molecule has 2 N–H and O–H groups in total. The van der Waals surface area contributed by atoms with Crippen LogP contribution in [0.5, 0.6) is 0 Å². The van der Waals surface area contributed by atoms with Crippen LogP contribution in [0.15, 0.2) is 29.2 Å². The van der Waals surface area contributed by atoms with Gasteiger partial charge in [0.25, 0.3) is 0 Å². The Bertz CT molecular complexity index is 512. The minimum Gasteiger partial charge on any atom is -0.330 e. The van der Waals surface area contributed by atoms with Gasteiger partial charge in [-0.15, -0.1) is 0 Å². The van der Waals surface area contributed by atoms with Gasteiger partial charge < -0.3 is 5.73 Å². The highest BCUT2D eigenvalue weighted by molar-refractivity contribution is 7.91. The lowest BCUT2D eigenvalue weighted by Crippen LogP contribution is -2.23. The fourth-order valence-electron chi connectivity index (χ4n) is 1.78. The summed E-state index contributed by atoms with van der Waals surface area (Å²) in [6, 6.07) is 6.42. The van der Waals surface area contributed by atoms with E-state index in [1.54, 1.807) is 18.2 Å². The lowest BCUT2D eigenvalue weighted by atomic mass is 9.88. The molecule has 108 valence electrons. The van der Waals surface area contributed by atoms with Gasteiger partial charge in [-0.3, -0.25) is 0 Å². The topological polar surface area (TPSA) is 60.2 Å². The number of hydrogen-bond acceptors (Lipinski definition) is 3. The van der Waals surface area contributed by atoms with Gasteiger partial charge in [-0.25, -0.2) is 8.42 Å². The minimum atomic E-state index is -3.22. The summed E-state index contributed by atoms with van der Waals surface area (Å²) in [6.07, 6.45) is 2.46. The van der Waals surface area contributed by atoms with Crippen molar-refractivity contribution in [3.05, 3.63) is 29.3 Å². The number of nitrogens with two attached hydrogens (primary N) is 1. The Balaban J connectivity index is 2.53. The van der Waals surface area contributed by atoms with Crippen LogP contribution < -0.4 is 5.73 Å². The SMILES string of the molecule is CC(C)(CN)CCCCS(=O)(=O)c1cccc(Cl)c1. The molecule has 0 aromatic heterocycles. The van der Waals surface area contributed by atoms with Crippen LogP contribution in [-0.4, -0.2) is 20.7 Å². The third kappa shape index (κ3) is 5.51. The van der Waals surface area contributed by atoms with Gasteiger partial charge in [0.1, 0.15) is 0 Å². The highest BCUT2D eigenvalue weighted by Gasteiger charge is 2.17. The third-order valence-corrected chi connectivity index (χ3v) is 5.26. The van der Waals surface area contributed by atoms with Gasteiger partial charge in [0, 0.05) is 5.02 Å². The maximum absolute atomic E-state index is 12.1. The Morgan fingerprint density at radius 1 is 1.26 bits per heavy atom. The standard InChI is InChI=1S/C14H22ClNO2S/c1-14(2,11-16)8-3-4-9-19(17,18)13-7-5-6-12(15)10-13/h5-7,10H,3-4,8-9,11,16H2,1-2H3. The molecule has 0 aliphatic carbocycles. The van der Waals surface area contributed by atoms with Crippen molar-refractivity contribution >= 4 is 21.4 Å². The van der Waals surface area contributed by atoms with E-state index in [2.05, 4.69) is 13.8 Å². The van der Waals surface area contributed by atoms with Gasteiger partial charge in [0.05, 0.1) is 10.6 Å². The molecule has 1 aromatic rings. The second-order valence-corrected chi connectivity index (χ2v) is 8.15. The Kier molecular flexibility index (Phi) is 5.83. The summed E-state index contributed by atoms with van der Waals surface area (Å²) in [4.78, 5) is 0.304. The summed E-state index contributed by atoms with van der Waals surface area (Å²) in [5.74, 6) is 0.161. The number of sulfone groups is 1. The molecule has 5 heteroatoms. The average molecular weight is 304 g/mol. The third-order valence-electron chi connectivity index (χ3n) is 3.22. The van der Waals surface area contributed by atoms with Crippen LogP contribution in [0, 0.1) is 5.41 Å². The van der Waals surface area contributed by atoms with E-state index in [1.165, 1.54) is 6.07 Å². The van der Waals surface area contributed by atoms with Crippen molar-refractivity contribution in [2.45, 2.75) is 38.0 Å². The molecule has 0 fully saturated rings. The van der Waals surface area contributed by atoms with E-state index in [0.717, 1.165) is 12.8 Å². The van der Waals surface area contributed by atoms with Gasteiger partial charge in [0.2, 0.25) is 0 Å². The zero-order chi connectivity index (χ0) is 14.5. The molecule has 1 aromatic carbocycles. The van der Waals surface area contributed by atoms with Crippen molar-refractivity contribution in [2.24, 2.45) is 11.1 Å². The first-order valence-corrected chi connectivity index (χ1v) is 8.48. The largest absolute Gasteiger partial charge is 0.330 e. The van der Waals surface area contributed by atoms with Crippen LogP contribution in [0.4, 0.5) is 0 Å². The molecule has 1 rings (SSSR count). The molecule has 3 nitrogen and oxygen atoms in total. The van der Waals surface area contributed by atoms with Gasteiger partial charge in [0.15, 0.2) is 9.84 Å². The fraction of sp³-hybridized carbons (Fsp3) is 0.571. The van der Waals surface area contributed by atoms with E-state index in [-0.39, 0.29) is 11.2 Å². The van der Waals surface area contributed by atoms with Crippen LogP contribution >= 0.6 is 11.6 Å². The van der Waals surface area contributed by atoms with Crippen molar-refractivity contribution in [3.8, 4) is 0 Å². The Morgan fingerprint density at radius 3 is 2.53 bits per heavy atom. The summed E-state index contributed by atoms with van der Waals surface area (Å²) < 4.78 is 24.2. The molecule has 0 saturated carbocycles. The first-order valence-electron chi connectivity index (χ1n) is 6.45. The van der Waals surface area contributed by atoms with E-state index in [9.17, 15) is 8.42 Å². The molecule has 0 aliphatic rings. The summed E-state index contributed by atoms with van der Waals surface area (Å²) in [6.45, 7) is 4.81. The summed E-state index contributed by atoms with van der Waals surface area (Å²) in [5.41, 5.74) is 5.73. The number of unbranched alkanes of at least 4 members (excludes halogenated alkanes) is 1. The van der Waals surface area contributed by atoms with Gasteiger partial charge in [-0.05, 0) is 43.0 Å². The second kappa shape index (κ2) is 6.73. The van der Waals surface area contributed by atoms with E-state index in [1.807, 2.05) is 0 Å². The normalized spacial score (nSPS) is 12.6. The van der Waals surface area contributed by atoms with Crippen molar-refractivity contribution in [2.75, 3.05) is 12.3 Å². The van der Waals surface area contributed by atoms with E-state index < -0.39 is 9.84 Å². The van der Waals surface area contributed by atoms with Gasteiger partial charge in [-0.2, -0.15) is 0 Å². The Hall–Kier alpha value is -0.580. The van der Waals surface area contributed by atoms with Crippen LogP contribution in [0.25, 0.3) is 0 Å². The van der Waals surface area contributed by atoms with Crippen LogP contribution in [0.1, 0.15) is 33.1 Å². The molecule has 0 spiro atoms. The summed E-state index contributed by atoms with van der Waals surface area (Å²) >= 11 is 5.81. The highest BCUT2D eigenvalue weighted by Crippen LogP contribution is 2.23. The average Bonchev–Trinajstić information content (AvgIpc) is 2.35. The number of rotatable bonds is 7. The van der Waals surface area contributed by atoms with Crippen LogP contribution in [-0.2, 0) is 9.84 Å². The molecular weight excluding hydrogens is 282 g/mol. The molecule has 19 heavy (non-hydrogen) atoms. The van der Waals surface area contributed by atoms with E-state index >= 15 is 0 Å². The van der Waals surface area contributed by atoms with Gasteiger partial charge in [-0.1, -0.05) is 37.9 Å². The van der Waals surface area contributed by atoms with Gasteiger partial charge >= 0.3 is 0 Å². The fourth-order valence-corrected chi connectivity index (χ4v) is 3.44. The Labute approximate surface area is 121 Å². The van der Waals surface area contributed by atoms with Crippen molar-refractivity contribution < 1.29 is 8.42 Å². The minimum absolute atomic E-state index is 0.0832. The molecule has 0 bridgehead atoms.